The molecule has 2 aromatic rings. The Hall–Kier alpha value is -2.73. The molecule has 154 valence electrons. The molecule has 0 spiro atoms. The van der Waals surface area contributed by atoms with E-state index in [1.54, 1.807) is 0 Å². The number of aromatic nitrogens is 3. The van der Waals surface area contributed by atoms with E-state index >= 15 is 0 Å². The number of nitrogens with zero attached hydrogens (tertiary/aromatic N) is 1. The lowest BCUT2D eigenvalue weighted by Gasteiger charge is -2.08. The summed E-state index contributed by atoms with van der Waals surface area (Å²) in [4.78, 5) is 35.2. The van der Waals surface area contributed by atoms with E-state index in [1.165, 1.54) is 24.3 Å². The first-order valence-electron chi connectivity index (χ1n) is 8.85. The highest BCUT2D eigenvalue weighted by molar-refractivity contribution is 5.94. The molecule has 0 bridgehead atoms. The number of nitrogens with two attached hydrogens (primary N) is 1. The summed E-state index contributed by atoms with van der Waals surface area (Å²) in [6.45, 7) is 3.55. The van der Waals surface area contributed by atoms with Gasteiger partial charge in [0, 0.05) is 18.7 Å². The van der Waals surface area contributed by atoms with E-state index in [1.807, 2.05) is 0 Å². The normalized spacial score (nSPS) is 10.9. The Morgan fingerprint density at radius 3 is 2.00 bits per heavy atom. The third kappa shape index (κ3) is 6.78. The molecule has 0 radical (unpaired) electrons. The van der Waals surface area contributed by atoms with E-state index in [4.69, 9.17) is 19.9 Å². The van der Waals surface area contributed by atoms with Crippen LogP contribution >= 0.6 is 0 Å². The molecule has 1 heterocycles. The number of aromatic amines is 2. The first kappa shape index (κ1) is 21.6. The van der Waals surface area contributed by atoms with Gasteiger partial charge in [0.15, 0.2) is 0 Å². The maximum absolute atomic E-state index is 12.1. The van der Waals surface area contributed by atoms with Gasteiger partial charge >= 0.3 is 11.4 Å². The molecular weight excluding hydrogens is 370 g/mol. The van der Waals surface area contributed by atoms with Gasteiger partial charge in [-0.05, 0) is 24.3 Å². The number of H-pyrrole nitrogens is 2. The van der Waals surface area contributed by atoms with Crippen LogP contribution in [-0.2, 0) is 14.2 Å². The summed E-state index contributed by atoms with van der Waals surface area (Å²) < 4.78 is 16.8. The van der Waals surface area contributed by atoms with Crippen LogP contribution in [0, 0.1) is 0 Å². The van der Waals surface area contributed by atoms with E-state index in [9.17, 15) is 14.4 Å². The SMILES string of the molecule is NCCOCCOCCOCCNC(=O)c1ccc(-n2c(=O)[nH][nH]c2=O)cc1. The molecule has 0 fully saturated rings. The van der Waals surface area contributed by atoms with Crippen molar-refractivity contribution in [3.63, 3.8) is 0 Å². The Morgan fingerprint density at radius 2 is 1.43 bits per heavy atom. The molecule has 1 aromatic carbocycles. The number of carbonyl (C=O) groups is 1. The average Bonchev–Trinajstić information content (AvgIpc) is 3.04. The molecule has 0 saturated heterocycles. The standard InChI is InChI=1S/C17H25N5O6/c18-5-7-26-9-11-28-12-10-27-8-6-19-15(23)13-1-3-14(4-2-13)22-16(24)20-21-17(22)25/h1-4H,5-12,18H2,(H,19,23)(H,20,24)(H,21,25). The first-order valence-corrected chi connectivity index (χ1v) is 8.85. The molecule has 0 unspecified atom stereocenters. The van der Waals surface area contributed by atoms with Crippen molar-refractivity contribution in [3.8, 4) is 5.69 Å². The molecule has 2 rings (SSSR count). The fourth-order valence-corrected chi connectivity index (χ4v) is 2.27. The van der Waals surface area contributed by atoms with Crippen molar-refractivity contribution in [1.82, 2.24) is 20.1 Å². The number of benzene rings is 1. The van der Waals surface area contributed by atoms with Gasteiger partial charge in [0.05, 0.1) is 45.3 Å². The summed E-state index contributed by atoms with van der Waals surface area (Å²) >= 11 is 0. The Labute approximate surface area is 160 Å². The van der Waals surface area contributed by atoms with Crippen LogP contribution in [-0.4, -0.2) is 73.4 Å². The maximum atomic E-state index is 12.1. The van der Waals surface area contributed by atoms with Gasteiger partial charge in [0.25, 0.3) is 5.91 Å². The summed E-state index contributed by atoms with van der Waals surface area (Å²) in [7, 11) is 0. The van der Waals surface area contributed by atoms with Crippen molar-refractivity contribution in [1.29, 1.82) is 0 Å². The third-order valence-electron chi connectivity index (χ3n) is 3.61. The Morgan fingerprint density at radius 1 is 0.893 bits per heavy atom. The zero-order chi connectivity index (χ0) is 20.2. The van der Waals surface area contributed by atoms with Crippen LogP contribution in [0.3, 0.4) is 0 Å². The van der Waals surface area contributed by atoms with Crippen LogP contribution in [0.5, 0.6) is 0 Å². The molecule has 11 heteroatoms. The second-order valence-corrected chi connectivity index (χ2v) is 5.62. The first-order chi connectivity index (χ1) is 13.6. The van der Waals surface area contributed by atoms with Crippen LogP contribution in [0.25, 0.3) is 5.69 Å². The molecule has 11 nitrogen and oxygen atoms in total. The van der Waals surface area contributed by atoms with E-state index in [2.05, 4.69) is 15.5 Å². The van der Waals surface area contributed by atoms with Crippen molar-refractivity contribution >= 4 is 5.91 Å². The quantitative estimate of drug-likeness (QED) is 0.304. The van der Waals surface area contributed by atoms with Crippen molar-refractivity contribution in [2.24, 2.45) is 5.73 Å². The molecule has 0 aliphatic heterocycles. The number of ether oxygens (including phenoxy) is 3. The molecule has 0 aliphatic rings. The Bertz CT molecular complexity index is 798. The fourth-order valence-electron chi connectivity index (χ4n) is 2.27. The summed E-state index contributed by atoms with van der Waals surface area (Å²) in [5.74, 6) is -0.279. The van der Waals surface area contributed by atoms with Gasteiger partial charge < -0.3 is 25.3 Å². The third-order valence-corrected chi connectivity index (χ3v) is 3.61. The van der Waals surface area contributed by atoms with E-state index in [-0.39, 0.29) is 5.91 Å². The van der Waals surface area contributed by atoms with Crippen LogP contribution in [0.2, 0.25) is 0 Å². The van der Waals surface area contributed by atoms with Crippen molar-refractivity contribution < 1.29 is 19.0 Å². The average molecular weight is 395 g/mol. The van der Waals surface area contributed by atoms with Crippen molar-refractivity contribution in [2.75, 3.05) is 52.7 Å². The Balaban J connectivity index is 1.62. The minimum Gasteiger partial charge on any atom is -0.378 e. The highest BCUT2D eigenvalue weighted by Gasteiger charge is 2.08. The number of carbonyl (C=O) groups excluding carboxylic acids is 1. The smallest absolute Gasteiger partial charge is 0.348 e. The van der Waals surface area contributed by atoms with Gasteiger partial charge in [-0.25, -0.2) is 24.4 Å². The van der Waals surface area contributed by atoms with Crippen LogP contribution < -0.4 is 22.4 Å². The fraction of sp³-hybridized carbons (Fsp3) is 0.471. The van der Waals surface area contributed by atoms with Gasteiger partial charge in [0.2, 0.25) is 0 Å². The molecule has 5 N–H and O–H groups in total. The molecule has 0 aliphatic carbocycles. The second-order valence-electron chi connectivity index (χ2n) is 5.62. The molecule has 0 atom stereocenters. The van der Waals surface area contributed by atoms with Crippen LogP contribution in [0.1, 0.15) is 10.4 Å². The minimum absolute atomic E-state index is 0.279. The lowest BCUT2D eigenvalue weighted by atomic mass is 10.2. The molecule has 1 aromatic heterocycles. The number of hydrogen-bond donors (Lipinski definition) is 4. The van der Waals surface area contributed by atoms with E-state index < -0.39 is 11.4 Å². The largest absolute Gasteiger partial charge is 0.378 e. The lowest BCUT2D eigenvalue weighted by molar-refractivity contribution is 0.0166. The zero-order valence-electron chi connectivity index (χ0n) is 15.4. The van der Waals surface area contributed by atoms with Gasteiger partial charge in [-0.15, -0.1) is 0 Å². The van der Waals surface area contributed by atoms with Gasteiger partial charge in [-0.1, -0.05) is 0 Å². The predicted molar refractivity (Wildman–Crippen MR) is 101 cm³/mol. The van der Waals surface area contributed by atoms with Gasteiger partial charge in [0.1, 0.15) is 0 Å². The molecule has 28 heavy (non-hydrogen) atoms. The maximum Gasteiger partial charge on any atom is 0.348 e. The summed E-state index contributed by atoms with van der Waals surface area (Å²) in [6.07, 6.45) is 0. The summed E-state index contributed by atoms with van der Waals surface area (Å²) in [5, 5.41) is 7.11. The minimum atomic E-state index is -0.577. The monoisotopic (exact) mass is 395 g/mol. The highest BCUT2D eigenvalue weighted by Crippen LogP contribution is 2.06. The van der Waals surface area contributed by atoms with E-state index in [0.717, 1.165) is 4.57 Å². The highest BCUT2D eigenvalue weighted by atomic mass is 16.5. The predicted octanol–water partition coefficient (Wildman–Crippen LogP) is -1.41. The van der Waals surface area contributed by atoms with Crippen molar-refractivity contribution in [2.45, 2.75) is 0 Å². The lowest BCUT2D eigenvalue weighted by Crippen LogP contribution is -2.28. The topological polar surface area (TPSA) is 153 Å². The Kier molecular flexibility index (Phi) is 9.15. The van der Waals surface area contributed by atoms with Gasteiger partial charge in [-0.3, -0.25) is 4.79 Å². The number of nitrogens with one attached hydrogen (secondary N) is 3. The zero-order valence-corrected chi connectivity index (χ0v) is 15.4. The second kappa shape index (κ2) is 11.9. The number of rotatable bonds is 13. The molecule has 0 saturated carbocycles. The van der Waals surface area contributed by atoms with E-state index in [0.29, 0.717) is 64.0 Å². The molecular formula is C17H25N5O6. The van der Waals surface area contributed by atoms with Crippen molar-refractivity contribution in [3.05, 3.63) is 50.8 Å². The number of hydrogen-bond acceptors (Lipinski definition) is 7. The summed E-state index contributed by atoms with van der Waals surface area (Å²) in [6, 6.07) is 6.10. The van der Waals surface area contributed by atoms with Gasteiger partial charge in [-0.2, -0.15) is 0 Å². The molecule has 1 amide bonds. The van der Waals surface area contributed by atoms with Crippen LogP contribution in [0.4, 0.5) is 0 Å². The number of amides is 1. The van der Waals surface area contributed by atoms with Crippen LogP contribution in [0.15, 0.2) is 33.9 Å². The summed E-state index contributed by atoms with van der Waals surface area (Å²) in [5.41, 5.74) is 4.91.